The summed E-state index contributed by atoms with van der Waals surface area (Å²) in [6.45, 7) is 4.42. The van der Waals surface area contributed by atoms with Gasteiger partial charge < -0.3 is 14.6 Å². The molecule has 7 heteroatoms. The van der Waals surface area contributed by atoms with Crippen LogP contribution in [0.1, 0.15) is 17.3 Å². The van der Waals surface area contributed by atoms with Crippen LogP contribution in [0.2, 0.25) is 10.0 Å². The quantitative estimate of drug-likeness (QED) is 0.393. The smallest absolute Gasteiger partial charge is 0.546 e. The van der Waals surface area contributed by atoms with Gasteiger partial charge in [-0.05, 0) is 24.6 Å². The molecule has 0 fully saturated rings. The molecule has 0 aliphatic heterocycles. The molecule has 1 aromatic rings. The van der Waals surface area contributed by atoms with Crippen LogP contribution >= 0.6 is 23.2 Å². The van der Waals surface area contributed by atoms with E-state index in [1.165, 1.54) is 12.1 Å². The Hall–Kier alpha value is -0.520. The summed E-state index contributed by atoms with van der Waals surface area (Å²) >= 11 is 11.8. The standard InChI is InChI=1S/C12H10Cl2O4.Na/c1-6(2)12(17)7-3-4-8(11(14)10(7)13)18-5-9(15)16;/h3-4H,1,5H2,2H3,(H,15,16);/q;+1/p-1. The monoisotopic (exact) mass is 310 g/mol. The number of hydrogen-bond donors (Lipinski definition) is 0. The SMILES string of the molecule is C=C(C)C(=O)c1ccc(OCC(=O)[O-])c(Cl)c1Cl.[Na+]. The second kappa shape index (κ2) is 7.92. The van der Waals surface area contributed by atoms with Crippen molar-refractivity contribution < 1.29 is 49.0 Å². The molecule has 0 atom stereocenters. The molecule has 96 valence electrons. The van der Waals surface area contributed by atoms with E-state index in [9.17, 15) is 14.7 Å². The Morgan fingerprint density at radius 2 is 1.89 bits per heavy atom. The van der Waals surface area contributed by atoms with Crippen molar-refractivity contribution in [1.29, 1.82) is 0 Å². The van der Waals surface area contributed by atoms with Gasteiger partial charge >= 0.3 is 29.6 Å². The number of halogens is 2. The van der Waals surface area contributed by atoms with E-state index in [-0.39, 0.29) is 56.7 Å². The van der Waals surface area contributed by atoms with Crippen molar-refractivity contribution in [2.75, 3.05) is 6.61 Å². The van der Waals surface area contributed by atoms with Crippen LogP contribution in [-0.4, -0.2) is 18.4 Å². The number of ketones is 1. The van der Waals surface area contributed by atoms with Crippen LogP contribution in [0.5, 0.6) is 5.75 Å². The molecule has 0 amide bonds. The summed E-state index contributed by atoms with van der Waals surface area (Å²) in [5.74, 6) is -1.65. The number of Topliss-reactive ketones (excluding diaryl/α,β-unsaturated/α-hetero) is 1. The van der Waals surface area contributed by atoms with Crippen LogP contribution in [0.25, 0.3) is 0 Å². The third-order valence-electron chi connectivity index (χ3n) is 2.02. The van der Waals surface area contributed by atoms with Crippen molar-refractivity contribution in [3.8, 4) is 5.75 Å². The predicted molar refractivity (Wildman–Crippen MR) is 66.1 cm³/mol. The Labute approximate surface area is 142 Å². The first-order valence-electron chi connectivity index (χ1n) is 4.85. The number of benzene rings is 1. The van der Waals surface area contributed by atoms with Gasteiger partial charge in [-0.25, -0.2) is 0 Å². The van der Waals surface area contributed by atoms with Crippen molar-refractivity contribution in [2.24, 2.45) is 0 Å². The zero-order valence-corrected chi connectivity index (χ0v) is 14.0. The van der Waals surface area contributed by atoms with Gasteiger partial charge in [0.25, 0.3) is 0 Å². The summed E-state index contributed by atoms with van der Waals surface area (Å²) in [7, 11) is 0. The molecule has 0 saturated heterocycles. The molecule has 0 unspecified atom stereocenters. The second-order valence-electron chi connectivity index (χ2n) is 3.51. The minimum absolute atomic E-state index is 0. The van der Waals surface area contributed by atoms with Gasteiger partial charge in [0.15, 0.2) is 5.78 Å². The van der Waals surface area contributed by atoms with E-state index in [0.717, 1.165) is 0 Å². The summed E-state index contributed by atoms with van der Waals surface area (Å²) in [6.07, 6.45) is 0. The molecule has 1 rings (SSSR count). The number of ether oxygens (including phenoxy) is 1. The molecule has 0 N–H and O–H groups in total. The number of carboxylic acids is 1. The summed E-state index contributed by atoms with van der Waals surface area (Å²) in [4.78, 5) is 22.0. The number of carbonyl (C=O) groups is 2. The van der Waals surface area contributed by atoms with Gasteiger partial charge in [0, 0.05) is 5.56 Å². The third kappa shape index (κ3) is 4.82. The first-order chi connectivity index (χ1) is 8.34. The summed E-state index contributed by atoms with van der Waals surface area (Å²) < 4.78 is 4.86. The number of allylic oxidation sites excluding steroid dienone is 1. The summed E-state index contributed by atoms with van der Waals surface area (Å²) in [6, 6.07) is 2.77. The Morgan fingerprint density at radius 3 is 2.37 bits per heavy atom. The zero-order chi connectivity index (χ0) is 13.9. The largest absolute Gasteiger partial charge is 1.00 e. The fourth-order valence-corrected chi connectivity index (χ4v) is 1.65. The second-order valence-corrected chi connectivity index (χ2v) is 4.27. The maximum atomic E-state index is 11.7. The van der Waals surface area contributed by atoms with E-state index in [1.807, 2.05) is 0 Å². The molecule has 19 heavy (non-hydrogen) atoms. The van der Waals surface area contributed by atoms with Gasteiger partial charge in [0.05, 0.1) is 11.0 Å². The predicted octanol–water partition coefficient (Wildman–Crippen LogP) is -1.12. The molecular formula is C12H9Cl2NaO4. The minimum Gasteiger partial charge on any atom is -0.546 e. The molecule has 4 nitrogen and oxygen atoms in total. The van der Waals surface area contributed by atoms with Crippen molar-refractivity contribution in [3.63, 3.8) is 0 Å². The van der Waals surface area contributed by atoms with E-state index in [1.54, 1.807) is 6.92 Å². The Kier molecular flexibility index (Phi) is 7.71. The van der Waals surface area contributed by atoms with Crippen molar-refractivity contribution in [3.05, 3.63) is 39.9 Å². The van der Waals surface area contributed by atoms with E-state index in [4.69, 9.17) is 27.9 Å². The zero-order valence-electron chi connectivity index (χ0n) is 10.5. The van der Waals surface area contributed by atoms with E-state index < -0.39 is 12.6 Å². The van der Waals surface area contributed by atoms with Gasteiger partial charge in [-0.3, -0.25) is 4.79 Å². The molecule has 0 spiro atoms. The maximum absolute atomic E-state index is 11.7. The maximum Gasteiger partial charge on any atom is 1.00 e. The van der Waals surface area contributed by atoms with Crippen molar-refractivity contribution >= 4 is 35.0 Å². The molecule has 0 aliphatic carbocycles. The fourth-order valence-electron chi connectivity index (χ4n) is 1.19. The van der Waals surface area contributed by atoms with E-state index in [2.05, 4.69) is 6.58 Å². The molecule has 0 saturated carbocycles. The topological polar surface area (TPSA) is 66.4 Å². The van der Waals surface area contributed by atoms with Gasteiger partial charge in [0.1, 0.15) is 17.4 Å². The van der Waals surface area contributed by atoms with E-state index in [0.29, 0.717) is 5.57 Å². The summed E-state index contributed by atoms with van der Waals surface area (Å²) in [5.41, 5.74) is 0.506. The van der Waals surface area contributed by atoms with Crippen LogP contribution in [0.15, 0.2) is 24.3 Å². The van der Waals surface area contributed by atoms with Crippen LogP contribution in [0.4, 0.5) is 0 Å². The van der Waals surface area contributed by atoms with Crippen LogP contribution in [-0.2, 0) is 4.79 Å². The Bertz CT molecular complexity index is 529. The molecule has 0 aliphatic rings. The molecule has 0 radical (unpaired) electrons. The Morgan fingerprint density at radius 1 is 1.32 bits per heavy atom. The van der Waals surface area contributed by atoms with E-state index >= 15 is 0 Å². The number of rotatable bonds is 5. The minimum atomic E-state index is -1.38. The number of carboxylic acid groups (broad SMARTS) is 1. The number of hydrogen-bond acceptors (Lipinski definition) is 4. The van der Waals surface area contributed by atoms with Crippen molar-refractivity contribution in [2.45, 2.75) is 6.92 Å². The fraction of sp³-hybridized carbons (Fsp3) is 0.167. The van der Waals surface area contributed by atoms with Crippen LogP contribution in [0.3, 0.4) is 0 Å². The average Bonchev–Trinajstić information content (AvgIpc) is 2.30. The first-order valence-corrected chi connectivity index (χ1v) is 5.61. The van der Waals surface area contributed by atoms with Gasteiger partial charge in [-0.1, -0.05) is 29.8 Å². The molecule has 0 bridgehead atoms. The van der Waals surface area contributed by atoms with Crippen LogP contribution in [0, 0.1) is 0 Å². The molecular weight excluding hydrogens is 302 g/mol. The first kappa shape index (κ1) is 18.5. The molecule has 0 aromatic heterocycles. The van der Waals surface area contributed by atoms with Gasteiger partial charge in [-0.15, -0.1) is 0 Å². The Balaban J connectivity index is 0.00000324. The van der Waals surface area contributed by atoms with Crippen molar-refractivity contribution in [1.82, 2.24) is 0 Å². The average molecular weight is 311 g/mol. The number of aliphatic carboxylic acids is 1. The number of carbonyl (C=O) groups excluding carboxylic acids is 2. The summed E-state index contributed by atoms with van der Waals surface area (Å²) in [5, 5.41) is 10.2. The molecule has 0 heterocycles. The van der Waals surface area contributed by atoms with Gasteiger partial charge in [-0.2, -0.15) is 0 Å². The van der Waals surface area contributed by atoms with Crippen LogP contribution < -0.4 is 39.4 Å². The molecule has 1 aromatic carbocycles. The normalized spacial score (nSPS) is 9.42. The third-order valence-corrected chi connectivity index (χ3v) is 2.89. The van der Waals surface area contributed by atoms with Gasteiger partial charge in [0.2, 0.25) is 0 Å².